The molecule has 2 aromatic carbocycles. The number of furan rings is 1. The lowest BCUT2D eigenvalue weighted by molar-refractivity contribution is -0.119. The lowest BCUT2D eigenvalue weighted by atomic mass is 10.2. The molecule has 168 valence electrons. The van der Waals surface area contributed by atoms with Crippen molar-refractivity contribution in [2.75, 3.05) is 11.9 Å². The number of benzene rings is 2. The molecule has 4 rings (SSSR count). The molecule has 0 aliphatic heterocycles. The zero-order chi connectivity index (χ0) is 23.2. The minimum absolute atomic E-state index is 0.00361. The van der Waals surface area contributed by atoms with Crippen LogP contribution in [-0.2, 0) is 16.1 Å². The number of hydrogen-bond donors (Lipinski definition) is 1. The van der Waals surface area contributed by atoms with E-state index in [-0.39, 0.29) is 5.76 Å². The van der Waals surface area contributed by atoms with Crippen LogP contribution in [0.5, 0.6) is 11.5 Å². The lowest BCUT2D eigenvalue weighted by Crippen LogP contribution is -2.21. The molecule has 9 heteroatoms. The van der Waals surface area contributed by atoms with E-state index in [1.807, 2.05) is 31.2 Å². The summed E-state index contributed by atoms with van der Waals surface area (Å²) in [7, 11) is 0. The number of ether oxygens (including phenoxy) is 2. The predicted octanol–water partition coefficient (Wildman–Crippen LogP) is 5.07. The minimum Gasteiger partial charge on any atom is -0.455 e. The maximum absolute atomic E-state index is 12.4. The molecule has 0 aliphatic carbocycles. The Kier molecular flexibility index (Phi) is 6.75. The maximum Gasteiger partial charge on any atom is 0.374 e. The molecule has 4 aromatic rings. The first-order valence-electron chi connectivity index (χ1n) is 10.0. The number of carbonyl (C=O) groups excluding carboxylic acids is 2. The van der Waals surface area contributed by atoms with E-state index in [9.17, 15) is 9.59 Å². The lowest BCUT2D eigenvalue weighted by Gasteiger charge is -2.13. The number of carbonyl (C=O) groups is 2. The smallest absolute Gasteiger partial charge is 0.374 e. The van der Waals surface area contributed by atoms with Crippen LogP contribution in [0.3, 0.4) is 0 Å². The predicted molar refractivity (Wildman–Crippen MR) is 122 cm³/mol. The van der Waals surface area contributed by atoms with Gasteiger partial charge in [-0.2, -0.15) is 5.10 Å². The van der Waals surface area contributed by atoms with Crippen LogP contribution in [-0.4, -0.2) is 28.3 Å². The monoisotopic (exact) mass is 465 g/mol. The van der Waals surface area contributed by atoms with Crippen molar-refractivity contribution in [2.45, 2.75) is 13.5 Å². The van der Waals surface area contributed by atoms with Crippen molar-refractivity contribution in [3.8, 4) is 11.5 Å². The van der Waals surface area contributed by atoms with Crippen LogP contribution in [0.4, 0.5) is 5.69 Å². The zero-order valence-corrected chi connectivity index (χ0v) is 18.4. The molecule has 0 spiro atoms. The Morgan fingerprint density at radius 2 is 1.94 bits per heavy atom. The number of rotatable bonds is 8. The van der Waals surface area contributed by atoms with Gasteiger partial charge in [-0.05, 0) is 55.5 Å². The van der Waals surface area contributed by atoms with E-state index in [0.717, 1.165) is 5.56 Å². The first kappa shape index (κ1) is 22.2. The summed E-state index contributed by atoms with van der Waals surface area (Å²) in [5, 5.41) is 7.15. The first-order valence-corrected chi connectivity index (χ1v) is 10.4. The standard InChI is InChI=1S/C24H20ClN3O5/c1-16-3-6-18(7-4-16)32-21-9-5-17(25)13-20(21)27-23(29)15-31-24(30)22-10-8-19(33-22)14-28-12-2-11-26-28/h2-13H,14-15H2,1H3,(H,27,29). The molecule has 33 heavy (non-hydrogen) atoms. The summed E-state index contributed by atoms with van der Waals surface area (Å²) in [6, 6.07) is 17.3. The van der Waals surface area contributed by atoms with Crippen molar-refractivity contribution in [3.63, 3.8) is 0 Å². The van der Waals surface area contributed by atoms with Gasteiger partial charge in [-0.25, -0.2) is 4.79 Å². The molecule has 0 unspecified atom stereocenters. The molecule has 1 N–H and O–H groups in total. The number of nitrogens with zero attached hydrogens (tertiary/aromatic N) is 2. The number of amides is 1. The third-order valence-electron chi connectivity index (χ3n) is 4.54. The Morgan fingerprint density at radius 3 is 2.70 bits per heavy atom. The second-order valence-electron chi connectivity index (χ2n) is 7.15. The van der Waals surface area contributed by atoms with Gasteiger partial charge in [0.05, 0.1) is 12.2 Å². The van der Waals surface area contributed by atoms with Crippen LogP contribution in [0.15, 0.2) is 77.5 Å². The summed E-state index contributed by atoms with van der Waals surface area (Å²) in [5.74, 6) is 0.232. The largest absolute Gasteiger partial charge is 0.455 e. The second kappa shape index (κ2) is 10.1. The topological polar surface area (TPSA) is 95.6 Å². The van der Waals surface area contributed by atoms with Gasteiger partial charge < -0.3 is 19.2 Å². The van der Waals surface area contributed by atoms with E-state index in [1.54, 1.807) is 47.4 Å². The van der Waals surface area contributed by atoms with Gasteiger partial charge >= 0.3 is 5.97 Å². The highest BCUT2D eigenvalue weighted by molar-refractivity contribution is 6.31. The molecule has 0 aliphatic rings. The molecule has 0 saturated carbocycles. The average molecular weight is 466 g/mol. The molecule has 8 nitrogen and oxygen atoms in total. The normalized spacial score (nSPS) is 10.6. The van der Waals surface area contributed by atoms with Crippen molar-refractivity contribution in [3.05, 3.63) is 95.2 Å². The van der Waals surface area contributed by atoms with Gasteiger partial charge in [-0.3, -0.25) is 9.48 Å². The number of halogens is 1. The fourth-order valence-electron chi connectivity index (χ4n) is 2.94. The number of aromatic nitrogens is 2. The summed E-state index contributed by atoms with van der Waals surface area (Å²) >= 11 is 6.07. The van der Waals surface area contributed by atoms with Crippen LogP contribution in [0.2, 0.25) is 5.02 Å². The Balaban J connectivity index is 1.35. The molecule has 0 saturated heterocycles. The molecule has 2 heterocycles. The number of esters is 1. The van der Waals surface area contributed by atoms with Crippen molar-refractivity contribution >= 4 is 29.2 Å². The van der Waals surface area contributed by atoms with Crippen molar-refractivity contribution in [2.24, 2.45) is 0 Å². The SMILES string of the molecule is Cc1ccc(Oc2ccc(Cl)cc2NC(=O)COC(=O)c2ccc(Cn3cccn3)o2)cc1. The van der Waals surface area contributed by atoms with Gasteiger partial charge in [0.15, 0.2) is 12.4 Å². The third kappa shape index (κ3) is 6.02. The van der Waals surface area contributed by atoms with Crippen LogP contribution >= 0.6 is 11.6 Å². The molecular weight excluding hydrogens is 446 g/mol. The Hall–Kier alpha value is -4.04. The summed E-state index contributed by atoms with van der Waals surface area (Å²) in [4.78, 5) is 24.6. The Labute approximate surface area is 194 Å². The molecule has 0 bridgehead atoms. The quantitative estimate of drug-likeness (QED) is 0.365. The molecule has 0 fully saturated rings. The van der Waals surface area contributed by atoms with Gasteiger partial charge in [0, 0.05) is 17.4 Å². The number of nitrogens with one attached hydrogen (secondary N) is 1. The molecule has 1 amide bonds. The average Bonchev–Trinajstić information content (AvgIpc) is 3.48. The van der Waals surface area contributed by atoms with Crippen molar-refractivity contribution in [1.82, 2.24) is 9.78 Å². The van der Waals surface area contributed by atoms with Gasteiger partial charge in [-0.15, -0.1) is 0 Å². The zero-order valence-electron chi connectivity index (χ0n) is 17.7. The summed E-state index contributed by atoms with van der Waals surface area (Å²) in [6.45, 7) is 1.84. The summed E-state index contributed by atoms with van der Waals surface area (Å²) in [6.07, 6.45) is 3.42. The Bertz CT molecular complexity index is 1250. The van der Waals surface area contributed by atoms with Crippen molar-refractivity contribution in [1.29, 1.82) is 0 Å². The molecule has 0 atom stereocenters. The van der Waals surface area contributed by atoms with E-state index in [1.165, 1.54) is 6.07 Å². The molecule has 0 radical (unpaired) electrons. The molecule has 2 aromatic heterocycles. The van der Waals surface area contributed by atoms with Gasteiger partial charge in [0.1, 0.15) is 11.5 Å². The van der Waals surface area contributed by atoms with Gasteiger partial charge in [0.2, 0.25) is 5.76 Å². The van der Waals surface area contributed by atoms with Crippen LogP contribution in [0.25, 0.3) is 0 Å². The highest BCUT2D eigenvalue weighted by Gasteiger charge is 2.16. The van der Waals surface area contributed by atoms with Gasteiger partial charge in [0.25, 0.3) is 5.91 Å². The highest BCUT2D eigenvalue weighted by Crippen LogP contribution is 2.32. The first-order chi connectivity index (χ1) is 16.0. The van der Waals surface area contributed by atoms with Crippen LogP contribution < -0.4 is 10.1 Å². The maximum atomic E-state index is 12.4. The van der Waals surface area contributed by atoms with Gasteiger partial charge in [-0.1, -0.05) is 29.3 Å². The number of anilines is 1. The summed E-state index contributed by atoms with van der Waals surface area (Å²) in [5.41, 5.74) is 1.45. The molecular formula is C24H20ClN3O5. The minimum atomic E-state index is -0.751. The Morgan fingerprint density at radius 1 is 1.12 bits per heavy atom. The fourth-order valence-corrected chi connectivity index (χ4v) is 3.11. The van der Waals surface area contributed by atoms with E-state index >= 15 is 0 Å². The highest BCUT2D eigenvalue weighted by atomic mass is 35.5. The summed E-state index contributed by atoms with van der Waals surface area (Å²) < 4.78 is 18.1. The van der Waals surface area contributed by atoms with Crippen molar-refractivity contribution < 1.29 is 23.5 Å². The van der Waals surface area contributed by atoms with Crippen LogP contribution in [0, 0.1) is 6.92 Å². The third-order valence-corrected chi connectivity index (χ3v) is 4.77. The number of aryl methyl sites for hydroxylation is 1. The van der Waals surface area contributed by atoms with E-state index in [0.29, 0.717) is 34.5 Å². The van der Waals surface area contributed by atoms with E-state index < -0.39 is 18.5 Å². The van der Waals surface area contributed by atoms with E-state index in [2.05, 4.69) is 10.4 Å². The van der Waals surface area contributed by atoms with E-state index in [4.69, 9.17) is 25.5 Å². The van der Waals surface area contributed by atoms with Crippen LogP contribution in [0.1, 0.15) is 21.9 Å². The number of hydrogen-bond acceptors (Lipinski definition) is 6. The fraction of sp³-hybridized carbons (Fsp3) is 0.125. The second-order valence-corrected chi connectivity index (χ2v) is 7.59.